The highest BCUT2D eigenvalue weighted by atomic mass is 16.4. The molecule has 0 atom stereocenters. The van der Waals surface area contributed by atoms with Gasteiger partial charge < -0.3 is 15.4 Å². The van der Waals surface area contributed by atoms with Gasteiger partial charge in [-0.1, -0.05) is 18.2 Å². The lowest BCUT2D eigenvalue weighted by molar-refractivity contribution is 0.0695. The Balaban J connectivity index is 2.54. The summed E-state index contributed by atoms with van der Waals surface area (Å²) in [5, 5.41) is 12.3. The molecule has 0 fully saturated rings. The minimum absolute atomic E-state index is 0.246. The Labute approximate surface area is 109 Å². The molecular weight excluding hydrogens is 244 g/mol. The van der Waals surface area contributed by atoms with Crippen LogP contribution in [-0.4, -0.2) is 29.7 Å². The average molecular weight is 258 g/mol. The maximum atomic E-state index is 12.0. The van der Waals surface area contributed by atoms with Crippen LogP contribution >= 0.6 is 0 Å². The Morgan fingerprint density at radius 1 is 1.47 bits per heavy atom. The summed E-state index contributed by atoms with van der Waals surface area (Å²) in [5.41, 5.74) is 0.769. The van der Waals surface area contributed by atoms with Crippen LogP contribution < -0.4 is 10.7 Å². The average Bonchev–Trinajstić information content (AvgIpc) is 2.39. The zero-order valence-electron chi connectivity index (χ0n) is 10.4. The van der Waals surface area contributed by atoms with Crippen molar-refractivity contribution >= 4 is 22.9 Å². The molecule has 0 amide bonds. The van der Waals surface area contributed by atoms with Gasteiger partial charge in [0.1, 0.15) is 5.56 Å². The molecule has 0 aliphatic heterocycles. The molecule has 0 bridgehead atoms. The maximum absolute atomic E-state index is 12.0. The molecule has 1 aromatic heterocycles. The van der Waals surface area contributed by atoms with Crippen LogP contribution in [0.3, 0.4) is 0 Å². The van der Waals surface area contributed by atoms with Gasteiger partial charge in [-0.2, -0.15) is 0 Å². The molecular formula is C14H14N2O3. The Morgan fingerprint density at radius 2 is 2.26 bits per heavy atom. The summed E-state index contributed by atoms with van der Waals surface area (Å²) in [4.78, 5) is 25.8. The highest BCUT2D eigenvalue weighted by molar-refractivity contribution is 5.92. The number of benzene rings is 1. The lowest BCUT2D eigenvalue weighted by Gasteiger charge is -2.01. The van der Waals surface area contributed by atoms with Crippen molar-refractivity contribution in [2.24, 2.45) is 0 Å². The maximum Gasteiger partial charge on any atom is 0.341 e. The first-order valence-corrected chi connectivity index (χ1v) is 5.83. The molecule has 0 aliphatic carbocycles. The summed E-state index contributed by atoms with van der Waals surface area (Å²) in [6.07, 6.45) is 5.03. The van der Waals surface area contributed by atoms with E-state index in [0.29, 0.717) is 10.9 Å². The first kappa shape index (κ1) is 13.0. The van der Waals surface area contributed by atoms with Gasteiger partial charge in [-0.05, 0) is 24.7 Å². The highest BCUT2D eigenvalue weighted by Gasteiger charge is 2.11. The van der Waals surface area contributed by atoms with Gasteiger partial charge in [-0.3, -0.25) is 4.79 Å². The second kappa shape index (κ2) is 5.49. The third kappa shape index (κ3) is 2.71. The van der Waals surface area contributed by atoms with E-state index in [1.165, 1.54) is 6.20 Å². The van der Waals surface area contributed by atoms with Crippen LogP contribution in [0.2, 0.25) is 0 Å². The lowest BCUT2D eigenvalue weighted by atomic mass is 10.1. The van der Waals surface area contributed by atoms with Crippen LogP contribution in [0.5, 0.6) is 0 Å². The summed E-state index contributed by atoms with van der Waals surface area (Å²) < 4.78 is 0. The topological polar surface area (TPSA) is 82.2 Å². The van der Waals surface area contributed by atoms with Crippen molar-refractivity contribution in [3.05, 3.63) is 51.8 Å². The quantitative estimate of drug-likeness (QED) is 0.775. The molecule has 0 spiro atoms. The van der Waals surface area contributed by atoms with Crippen LogP contribution in [0.4, 0.5) is 0 Å². The van der Waals surface area contributed by atoms with E-state index in [1.54, 1.807) is 12.1 Å². The number of aromatic carboxylic acids is 1. The van der Waals surface area contributed by atoms with Gasteiger partial charge in [0.05, 0.1) is 0 Å². The predicted molar refractivity (Wildman–Crippen MR) is 74.5 cm³/mol. The Kier molecular flexibility index (Phi) is 3.77. The van der Waals surface area contributed by atoms with Crippen molar-refractivity contribution in [3.8, 4) is 0 Å². The number of pyridine rings is 1. The third-order valence-electron chi connectivity index (χ3n) is 2.77. The van der Waals surface area contributed by atoms with Crippen molar-refractivity contribution < 1.29 is 9.90 Å². The van der Waals surface area contributed by atoms with Crippen molar-refractivity contribution in [2.75, 3.05) is 13.6 Å². The minimum Gasteiger partial charge on any atom is -0.477 e. The SMILES string of the molecule is CNCC=Cc1ccc2[nH]cc(C(=O)O)c(=O)c2c1. The van der Waals surface area contributed by atoms with Gasteiger partial charge in [0.2, 0.25) is 5.43 Å². The van der Waals surface area contributed by atoms with Crippen LogP contribution in [0.25, 0.3) is 17.0 Å². The van der Waals surface area contributed by atoms with E-state index in [4.69, 9.17) is 5.11 Å². The second-order valence-electron chi connectivity index (χ2n) is 4.10. The zero-order chi connectivity index (χ0) is 13.8. The summed E-state index contributed by atoms with van der Waals surface area (Å²) >= 11 is 0. The fourth-order valence-electron chi connectivity index (χ4n) is 1.81. The number of fused-ring (bicyclic) bond motifs is 1. The predicted octanol–water partition coefficient (Wildman–Crippen LogP) is 1.46. The molecule has 2 aromatic rings. The molecule has 0 radical (unpaired) electrons. The van der Waals surface area contributed by atoms with Crippen LogP contribution in [0.15, 0.2) is 35.3 Å². The zero-order valence-corrected chi connectivity index (χ0v) is 10.4. The third-order valence-corrected chi connectivity index (χ3v) is 2.77. The van der Waals surface area contributed by atoms with E-state index in [2.05, 4.69) is 10.3 Å². The Bertz CT molecular complexity index is 701. The standard InChI is InChI=1S/C14H14N2O3/c1-15-6-2-3-9-4-5-12-10(7-9)13(17)11(8-16-12)14(18)19/h2-5,7-8,15H,6H2,1H3,(H,16,17)(H,18,19). The monoisotopic (exact) mass is 258 g/mol. The number of likely N-dealkylation sites (N-methyl/N-ethyl adjacent to an activating group) is 1. The number of carboxylic acid groups (broad SMARTS) is 1. The molecule has 19 heavy (non-hydrogen) atoms. The number of H-pyrrole nitrogens is 1. The lowest BCUT2D eigenvalue weighted by Crippen LogP contribution is -2.15. The van der Waals surface area contributed by atoms with E-state index >= 15 is 0 Å². The van der Waals surface area contributed by atoms with Gasteiger partial charge in [-0.25, -0.2) is 4.79 Å². The molecule has 1 heterocycles. The summed E-state index contributed by atoms with van der Waals surface area (Å²) in [7, 11) is 1.84. The first-order chi connectivity index (χ1) is 9.13. The van der Waals surface area contributed by atoms with Crippen molar-refractivity contribution in [1.82, 2.24) is 10.3 Å². The smallest absolute Gasteiger partial charge is 0.341 e. The normalized spacial score (nSPS) is 11.2. The fraction of sp³-hybridized carbons (Fsp3) is 0.143. The molecule has 2 rings (SSSR count). The molecule has 0 saturated heterocycles. The number of carboxylic acids is 1. The second-order valence-corrected chi connectivity index (χ2v) is 4.10. The minimum atomic E-state index is -1.22. The van der Waals surface area contributed by atoms with E-state index < -0.39 is 11.4 Å². The number of hydrogen-bond acceptors (Lipinski definition) is 3. The number of hydrogen-bond donors (Lipinski definition) is 3. The summed E-state index contributed by atoms with van der Waals surface area (Å²) in [6.45, 7) is 0.726. The summed E-state index contributed by atoms with van der Waals surface area (Å²) in [6, 6.07) is 5.32. The molecule has 0 saturated carbocycles. The number of aromatic amines is 1. The Morgan fingerprint density at radius 3 is 2.95 bits per heavy atom. The molecule has 0 unspecified atom stereocenters. The van der Waals surface area contributed by atoms with E-state index in [0.717, 1.165) is 12.1 Å². The molecule has 1 aromatic carbocycles. The van der Waals surface area contributed by atoms with E-state index in [9.17, 15) is 9.59 Å². The largest absolute Gasteiger partial charge is 0.477 e. The number of rotatable bonds is 4. The van der Waals surface area contributed by atoms with Gasteiger partial charge >= 0.3 is 5.97 Å². The van der Waals surface area contributed by atoms with Gasteiger partial charge in [0.15, 0.2) is 0 Å². The van der Waals surface area contributed by atoms with Crippen LogP contribution in [-0.2, 0) is 0 Å². The summed E-state index contributed by atoms with van der Waals surface area (Å²) in [5.74, 6) is -1.22. The number of nitrogens with one attached hydrogen (secondary N) is 2. The van der Waals surface area contributed by atoms with Crippen molar-refractivity contribution in [2.45, 2.75) is 0 Å². The van der Waals surface area contributed by atoms with Crippen LogP contribution in [0.1, 0.15) is 15.9 Å². The molecule has 5 heteroatoms. The molecule has 5 nitrogen and oxygen atoms in total. The number of carbonyl (C=O) groups is 1. The van der Waals surface area contributed by atoms with E-state index in [-0.39, 0.29) is 5.56 Å². The highest BCUT2D eigenvalue weighted by Crippen LogP contribution is 2.12. The van der Waals surface area contributed by atoms with Crippen molar-refractivity contribution in [1.29, 1.82) is 0 Å². The van der Waals surface area contributed by atoms with Crippen molar-refractivity contribution in [3.63, 3.8) is 0 Å². The molecule has 0 aliphatic rings. The van der Waals surface area contributed by atoms with Gasteiger partial charge in [-0.15, -0.1) is 0 Å². The molecule has 98 valence electrons. The van der Waals surface area contributed by atoms with E-state index in [1.807, 2.05) is 25.3 Å². The molecule has 3 N–H and O–H groups in total. The fourth-order valence-corrected chi connectivity index (χ4v) is 1.81. The number of aromatic nitrogens is 1. The first-order valence-electron chi connectivity index (χ1n) is 5.83. The van der Waals surface area contributed by atoms with Crippen LogP contribution in [0, 0.1) is 0 Å². The Hall–Kier alpha value is -2.40. The van der Waals surface area contributed by atoms with Gasteiger partial charge in [0, 0.05) is 23.6 Å². The van der Waals surface area contributed by atoms with Gasteiger partial charge in [0.25, 0.3) is 0 Å².